The fourth-order valence-corrected chi connectivity index (χ4v) is 4.16. The Kier molecular flexibility index (Phi) is 4.66. The minimum absolute atomic E-state index is 0.0197. The van der Waals surface area contributed by atoms with Crippen LogP contribution < -0.4 is 0 Å². The fourth-order valence-electron chi connectivity index (χ4n) is 4.03. The van der Waals surface area contributed by atoms with Gasteiger partial charge in [0.1, 0.15) is 0 Å². The first-order valence-electron chi connectivity index (χ1n) is 9.07. The van der Waals surface area contributed by atoms with E-state index in [1.54, 1.807) is 0 Å². The van der Waals surface area contributed by atoms with Gasteiger partial charge < -0.3 is 4.90 Å². The number of benzene rings is 2. The first-order chi connectivity index (χ1) is 12.8. The summed E-state index contributed by atoms with van der Waals surface area (Å²) in [5, 5.41) is 0.666. The molecule has 4 rings (SSSR count). The van der Waals surface area contributed by atoms with E-state index >= 15 is 0 Å². The van der Waals surface area contributed by atoms with Crippen LogP contribution in [0.3, 0.4) is 0 Å². The first kappa shape index (κ1) is 18.4. The molecule has 27 heavy (non-hydrogen) atoms. The van der Waals surface area contributed by atoms with Crippen LogP contribution in [0.25, 0.3) is 0 Å². The Morgan fingerprint density at radius 1 is 1.00 bits per heavy atom. The molecule has 1 aliphatic carbocycles. The third-order valence-electron chi connectivity index (χ3n) is 5.56. The van der Waals surface area contributed by atoms with E-state index in [1.807, 2.05) is 29.2 Å². The molecule has 0 bridgehead atoms. The predicted molar refractivity (Wildman–Crippen MR) is 97.4 cm³/mol. The Morgan fingerprint density at radius 2 is 1.63 bits per heavy atom. The van der Waals surface area contributed by atoms with Crippen LogP contribution in [0.2, 0.25) is 5.02 Å². The number of carbonyl (C=O) groups excluding carboxylic acids is 1. The highest BCUT2D eigenvalue weighted by Gasteiger charge is 2.48. The lowest BCUT2D eigenvalue weighted by atomic mass is 10.0. The maximum Gasteiger partial charge on any atom is 0.416 e. The van der Waals surface area contributed by atoms with E-state index in [2.05, 4.69) is 0 Å². The van der Waals surface area contributed by atoms with Gasteiger partial charge in [0.2, 0.25) is 5.91 Å². The van der Waals surface area contributed by atoms with E-state index in [4.69, 9.17) is 11.6 Å². The highest BCUT2D eigenvalue weighted by molar-refractivity contribution is 6.30. The van der Waals surface area contributed by atoms with Crippen LogP contribution in [0.15, 0.2) is 48.5 Å². The van der Waals surface area contributed by atoms with Crippen LogP contribution >= 0.6 is 11.6 Å². The molecule has 2 aromatic rings. The summed E-state index contributed by atoms with van der Waals surface area (Å²) >= 11 is 5.95. The maximum absolute atomic E-state index is 13.0. The van der Waals surface area contributed by atoms with Crippen LogP contribution in [-0.4, -0.2) is 17.4 Å². The van der Waals surface area contributed by atoms with Crippen LogP contribution in [0, 0.1) is 5.92 Å². The molecule has 0 radical (unpaired) electrons. The van der Waals surface area contributed by atoms with Crippen molar-refractivity contribution in [2.24, 2.45) is 5.92 Å². The Hall–Kier alpha value is -2.01. The molecule has 1 amide bonds. The number of nitrogens with zero attached hydrogens (tertiary/aromatic N) is 1. The third kappa shape index (κ3) is 3.70. The summed E-state index contributed by atoms with van der Waals surface area (Å²) in [5.41, 5.74) is 1.23. The van der Waals surface area contributed by atoms with E-state index in [0.29, 0.717) is 11.4 Å². The molecule has 142 valence electrons. The van der Waals surface area contributed by atoms with Crippen LogP contribution in [0.4, 0.5) is 13.2 Å². The first-order valence-corrected chi connectivity index (χ1v) is 9.45. The van der Waals surface area contributed by atoms with Gasteiger partial charge in [0.15, 0.2) is 0 Å². The van der Waals surface area contributed by atoms with E-state index in [1.165, 1.54) is 12.1 Å². The lowest BCUT2D eigenvalue weighted by molar-refractivity contribution is -0.137. The number of hydrogen-bond acceptors (Lipinski definition) is 1. The van der Waals surface area contributed by atoms with Crippen molar-refractivity contribution in [3.05, 3.63) is 70.2 Å². The zero-order valence-corrected chi connectivity index (χ0v) is 15.3. The Labute approximate surface area is 160 Å². The predicted octanol–water partition coefficient (Wildman–Crippen LogP) is 5.83. The zero-order valence-electron chi connectivity index (χ0n) is 14.5. The molecule has 0 spiro atoms. The molecule has 1 saturated carbocycles. The molecule has 3 atom stereocenters. The summed E-state index contributed by atoms with van der Waals surface area (Å²) in [7, 11) is 0. The van der Waals surface area contributed by atoms with Crippen LogP contribution in [-0.2, 0) is 11.0 Å². The minimum Gasteiger partial charge on any atom is -0.335 e. The normalized spacial score (nSPS) is 24.9. The molecule has 2 fully saturated rings. The second kappa shape index (κ2) is 6.86. The van der Waals surface area contributed by atoms with Gasteiger partial charge in [-0.2, -0.15) is 13.2 Å². The monoisotopic (exact) mass is 393 g/mol. The van der Waals surface area contributed by atoms with Crippen molar-refractivity contribution < 1.29 is 18.0 Å². The van der Waals surface area contributed by atoms with E-state index in [-0.39, 0.29) is 23.8 Å². The van der Waals surface area contributed by atoms with Crippen molar-refractivity contribution in [2.45, 2.75) is 37.4 Å². The number of hydrogen-bond donors (Lipinski definition) is 0. The number of alkyl halides is 3. The van der Waals surface area contributed by atoms with Crippen LogP contribution in [0.1, 0.15) is 47.9 Å². The summed E-state index contributed by atoms with van der Waals surface area (Å²) in [4.78, 5) is 14.9. The molecule has 2 nitrogen and oxygen atoms in total. The second-order valence-electron chi connectivity index (χ2n) is 7.31. The fraction of sp³-hybridized carbons (Fsp3) is 0.381. The van der Waals surface area contributed by atoms with Gasteiger partial charge in [0, 0.05) is 17.5 Å². The molecule has 1 saturated heterocycles. The highest BCUT2D eigenvalue weighted by Crippen LogP contribution is 2.50. The van der Waals surface area contributed by atoms with Gasteiger partial charge in [0.25, 0.3) is 0 Å². The second-order valence-corrected chi connectivity index (χ2v) is 7.75. The molecule has 2 aliphatic rings. The van der Waals surface area contributed by atoms with Gasteiger partial charge in [0.05, 0.1) is 11.6 Å². The highest BCUT2D eigenvalue weighted by atomic mass is 35.5. The molecular formula is C21H19ClF3NO. The van der Waals surface area contributed by atoms with Crippen molar-refractivity contribution in [2.75, 3.05) is 6.54 Å². The topological polar surface area (TPSA) is 20.3 Å². The molecule has 6 heteroatoms. The van der Waals surface area contributed by atoms with E-state index in [0.717, 1.165) is 42.6 Å². The van der Waals surface area contributed by atoms with Gasteiger partial charge in [-0.05, 0) is 60.6 Å². The maximum atomic E-state index is 13.0. The largest absolute Gasteiger partial charge is 0.416 e. The number of amides is 1. The average molecular weight is 394 g/mol. The summed E-state index contributed by atoms with van der Waals surface area (Å²) in [5.74, 6) is -0.00163. The number of likely N-dealkylation sites (tertiary alicyclic amines) is 1. The summed E-state index contributed by atoms with van der Waals surface area (Å²) in [6.07, 6.45) is -1.76. The van der Waals surface area contributed by atoms with Crippen LogP contribution in [0.5, 0.6) is 0 Å². The van der Waals surface area contributed by atoms with Crippen molar-refractivity contribution in [1.82, 2.24) is 4.90 Å². The van der Waals surface area contributed by atoms with Gasteiger partial charge in [-0.3, -0.25) is 4.79 Å². The quantitative estimate of drug-likeness (QED) is 0.642. The van der Waals surface area contributed by atoms with Gasteiger partial charge >= 0.3 is 6.18 Å². The lowest BCUT2D eigenvalue weighted by Gasteiger charge is -2.25. The lowest BCUT2D eigenvalue weighted by Crippen LogP contribution is -2.32. The number of carbonyl (C=O) groups is 1. The van der Waals surface area contributed by atoms with Gasteiger partial charge in [-0.15, -0.1) is 0 Å². The van der Waals surface area contributed by atoms with Crippen molar-refractivity contribution in [3.8, 4) is 0 Å². The average Bonchev–Trinajstić information content (AvgIpc) is 3.30. The smallest absolute Gasteiger partial charge is 0.335 e. The van der Waals surface area contributed by atoms with Crippen molar-refractivity contribution in [3.63, 3.8) is 0 Å². The molecule has 2 aromatic carbocycles. The standard InChI is InChI=1S/C21H19ClF3NO/c22-16-9-5-14(6-10-16)19-2-1-11-26(19)20(27)18-12-17(18)13-3-7-15(8-4-13)21(23,24)25/h3-10,17-19H,1-2,11-12H2. The summed E-state index contributed by atoms with van der Waals surface area (Å²) in [6.45, 7) is 0.725. The molecule has 1 aliphatic heterocycles. The molecule has 0 aromatic heterocycles. The Bertz CT molecular complexity index is 832. The minimum atomic E-state index is -4.33. The van der Waals surface area contributed by atoms with Gasteiger partial charge in [-0.1, -0.05) is 35.9 Å². The van der Waals surface area contributed by atoms with Crippen molar-refractivity contribution >= 4 is 17.5 Å². The SMILES string of the molecule is O=C(C1CC1c1ccc(C(F)(F)F)cc1)N1CCCC1c1ccc(Cl)cc1. The van der Waals surface area contributed by atoms with E-state index < -0.39 is 11.7 Å². The molecule has 1 heterocycles. The molecule has 0 N–H and O–H groups in total. The zero-order chi connectivity index (χ0) is 19.2. The Morgan fingerprint density at radius 3 is 2.26 bits per heavy atom. The summed E-state index contributed by atoms with van der Waals surface area (Å²) < 4.78 is 38.1. The van der Waals surface area contributed by atoms with E-state index in [9.17, 15) is 18.0 Å². The molecule has 3 unspecified atom stereocenters. The molecular weight excluding hydrogens is 375 g/mol. The Balaban J connectivity index is 1.45. The number of rotatable bonds is 3. The summed E-state index contributed by atoms with van der Waals surface area (Å²) in [6, 6.07) is 12.8. The number of halogens is 4. The van der Waals surface area contributed by atoms with Crippen molar-refractivity contribution in [1.29, 1.82) is 0 Å². The van der Waals surface area contributed by atoms with Gasteiger partial charge in [-0.25, -0.2) is 0 Å². The third-order valence-corrected chi connectivity index (χ3v) is 5.82.